The van der Waals surface area contributed by atoms with Crippen LogP contribution in [0.5, 0.6) is 0 Å². The number of nitrogens with zero attached hydrogens (tertiary/aromatic N) is 4. The number of benzene rings is 1. The lowest BCUT2D eigenvalue weighted by molar-refractivity contribution is 0.528. The first kappa shape index (κ1) is 18.1. The number of hydrogen-bond donors (Lipinski definition) is 0. The second kappa shape index (κ2) is 7.29. The third-order valence-electron chi connectivity index (χ3n) is 4.04. The van der Waals surface area contributed by atoms with Gasteiger partial charge in [-0.1, -0.05) is 36.4 Å². The molecule has 3 rings (SSSR count). The van der Waals surface area contributed by atoms with E-state index in [9.17, 15) is 8.42 Å². The number of hydrogen-bond acceptors (Lipinski definition) is 4. The molecular formula is C19H22N4O2S. The number of pyridine rings is 1. The van der Waals surface area contributed by atoms with Gasteiger partial charge in [0.05, 0.1) is 12.2 Å². The van der Waals surface area contributed by atoms with Crippen LogP contribution in [0, 0.1) is 6.92 Å². The minimum absolute atomic E-state index is 0.0788. The first-order valence-corrected chi connectivity index (χ1v) is 9.87. The minimum atomic E-state index is -3.81. The molecule has 0 aliphatic rings. The molecule has 0 bridgehead atoms. The summed E-state index contributed by atoms with van der Waals surface area (Å²) in [4.78, 5) is 4.46. The molecule has 2 aromatic heterocycles. The van der Waals surface area contributed by atoms with Crippen molar-refractivity contribution < 1.29 is 8.42 Å². The highest BCUT2D eigenvalue weighted by Gasteiger charge is 2.30. The Morgan fingerprint density at radius 2 is 1.77 bits per heavy atom. The summed E-state index contributed by atoms with van der Waals surface area (Å²) >= 11 is 0. The maximum absolute atomic E-state index is 13.4. The normalized spacial score (nSPS) is 11.7. The smallest absolute Gasteiger partial charge is 0.269 e. The number of anilines is 1. The molecular weight excluding hydrogens is 348 g/mol. The summed E-state index contributed by atoms with van der Waals surface area (Å²) in [5, 5.41) is 4.35. The standard InChI is InChI=1S/C19H22N4O2S/c1-15(2)22-14-18(16(3)21-22)26(24,25)23(19-11-7-8-12-20-19)13-17-9-5-4-6-10-17/h4-12,14-15H,13H2,1-3H3. The number of aryl methyl sites for hydroxylation is 1. The zero-order valence-corrected chi connectivity index (χ0v) is 15.9. The zero-order chi connectivity index (χ0) is 18.7. The molecule has 0 saturated heterocycles. The highest BCUT2D eigenvalue weighted by atomic mass is 32.2. The maximum atomic E-state index is 13.4. The molecule has 0 fully saturated rings. The molecule has 0 saturated carbocycles. The van der Waals surface area contributed by atoms with Gasteiger partial charge in [0, 0.05) is 18.4 Å². The van der Waals surface area contributed by atoms with Crippen LogP contribution in [-0.4, -0.2) is 23.2 Å². The van der Waals surface area contributed by atoms with Crippen LogP contribution in [-0.2, 0) is 16.6 Å². The van der Waals surface area contributed by atoms with Gasteiger partial charge in [-0.15, -0.1) is 0 Å². The van der Waals surface area contributed by atoms with E-state index in [1.807, 2.05) is 44.2 Å². The number of aromatic nitrogens is 3. The van der Waals surface area contributed by atoms with Crippen molar-refractivity contribution in [2.75, 3.05) is 4.31 Å². The Kier molecular flexibility index (Phi) is 5.08. The lowest BCUT2D eigenvalue weighted by Gasteiger charge is -2.23. The Labute approximate surface area is 154 Å². The Morgan fingerprint density at radius 1 is 1.08 bits per heavy atom. The molecule has 7 heteroatoms. The monoisotopic (exact) mass is 370 g/mol. The molecule has 136 valence electrons. The van der Waals surface area contributed by atoms with Gasteiger partial charge in [-0.3, -0.25) is 4.68 Å². The Morgan fingerprint density at radius 3 is 2.35 bits per heavy atom. The van der Waals surface area contributed by atoms with Gasteiger partial charge in [-0.25, -0.2) is 17.7 Å². The van der Waals surface area contributed by atoms with Crippen molar-refractivity contribution in [2.24, 2.45) is 0 Å². The van der Waals surface area contributed by atoms with Gasteiger partial charge in [0.1, 0.15) is 10.7 Å². The summed E-state index contributed by atoms with van der Waals surface area (Å²) in [7, 11) is -3.81. The fourth-order valence-electron chi connectivity index (χ4n) is 2.64. The summed E-state index contributed by atoms with van der Waals surface area (Å²) in [6, 6.07) is 14.8. The Hall–Kier alpha value is -2.67. The van der Waals surface area contributed by atoms with Crippen molar-refractivity contribution in [3.8, 4) is 0 Å². The van der Waals surface area contributed by atoms with Crippen molar-refractivity contribution in [1.82, 2.24) is 14.8 Å². The van der Waals surface area contributed by atoms with E-state index >= 15 is 0 Å². The summed E-state index contributed by atoms with van der Waals surface area (Å²) in [6.45, 7) is 5.84. The predicted molar refractivity (Wildman–Crippen MR) is 101 cm³/mol. The van der Waals surface area contributed by atoms with Crippen LogP contribution >= 0.6 is 0 Å². The molecule has 26 heavy (non-hydrogen) atoms. The quantitative estimate of drug-likeness (QED) is 0.665. The first-order chi connectivity index (χ1) is 12.4. The molecule has 0 atom stereocenters. The van der Waals surface area contributed by atoms with E-state index in [0.717, 1.165) is 5.56 Å². The van der Waals surface area contributed by atoms with Gasteiger partial charge in [-0.2, -0.15) is 5.10 Å². The van der Waals surface area contributed by atoms with E-state index in [4.69, 9.17) is 0 Å². The average molecular weight is 370 g/mol. The van der Waals surface area contributed by atoms with E-state index in [1.54, 1.807) is 42.2 Å². The fourth-order valence-corrected chi connectivity index (χ4v) is 4.21. The molecule has 1 aromatic carbocycles. The molecule has 0 spiro atoms. The van der Waals surface area contributed by atoms with Crippen LogP contribution in [0.15, 0.2) is 65.8 Å². The Balaban J connectivity index is 2.08. The van der Waals surface area contributed by atoms with Crippen molar-refractivity contribution in [3.05, 3.63) is 72.2 Å². The van der Waals surface area contributed by atoms with Crippen LogP contribution in [0.1, 0.15) is 31.1 Å². The minimum Gasteiger partial charge on any atom is -0.269 e. The molecule has 0 amide bonds. The van der Waals surface area contributed by atoms with Gasteiger partial charge in [-0.05, 0) is 38.5 Å². The van der Waals surface area contributed by atoms with E-state index < -0.39 is 10.0 Å². The van der Waals surface area contributed by atoms with Crippen molar-refractivity contribution in [3.63, 3.8) is 0 Å². The van der Waals surface area contributed by atoms with Gasteiger partial charge in [0.15, 0.2) is 0 Å². The van der Waals surface area contributed by atoms with Crippen LogP contribution < -0.4 is 4.31 Å². The van der Waals surface area contributed by atoms with Crippen LogP contribution in [0.2, 0.25) is 0 Å². The van der Waals surface area contributed by atoms with E-state index in [0.29, 0.717) is 11.5 Å². The molecule has 0 aliphatic heterocycles. The molecule has 0 radical (unpaired) electrons. The van der Waals surface area contributed by atoms with E-state index in [2.05, 4.69) is 10.1 Å². The SMILES string of the molecule is Cc1nn(C(C)C)cc1S(=O)(=O)N(Cc1ccccc1)c1ccccn1. The predicted octanol–water partition coefficient (Wildman–Crippen LogP) is 3.56. The molecule has 3 aromatic rings. The highest BCUT2D eigenvalue weighted by Crippen LogP contribution is 2.26. The molecule has 0 aliphatic carbocycles. The lowest BCUT2D eigenvalue weighted by atomic mass is 10.2. The van der Waals surface area contributed by atoms with E-state index in [1.165, 1.54) is 4.31 Å². The second-order valence-electron chi connectivity index (χ2n) is 6.34. The second-order valence-corrected chi connectivity index (χ2v) is 8.17. The van der Waals surface area contributed by atoms with Gasteiger partial charge < -0.3 is 0 Å². The van der Waals surface area contributed by atoms with Crippen molar-refractivity contribution >= 4 is 15.8 Å². The lowest BCUT2D eigenvalue weighted by Crippen LogP contribution is -2.31. The van der Waals surface area contributed by atoms with Crippen LogP contribution in [0.25, 0.3) is 0 Å². The van der Waals surface area contributed by atoms with Crippen molar-refractivity contribution in [1.29, 1.82) is 0 Å². The molecule has 0 N–H and O–H groups in total. The number of rotatable bonds is 6. The van der Waals surface area contributed by atoms with Crippen LogP contribution in [0.3, 0.4) is 0 Å². The topological polar surface area (TPSA) is 68.1 Å². The van der Waals surface area contributed by atoms with Crippen LogP contribution in [0.4, 0.5) is 5.82 Å². The summed E-state index contributed by atoms with van der Waals surface area (Å²) in [6.07, 6.45) is 3.18. The average Bonchev–Trinajstić information content (AvgIpc) is 3.04. The Bertz CT molecular complexity index is 967. The third kappa shape index (κ3) is 3.62. The summed E-state index contributed by atoms with van der Waals surface area (Å²) in [5.74, 6) is 0.382. The highest BCUT2D eigenvalue weighted by molar-refractivity contribution is 7.92. The zero-order valence-electron chi connectivity index (χ0n) is 15.1. The number of sulfonamides is 1. The fraction of sp³-hybridized carbons (Fsp3) is 0.263. The maximum Gasteiger partial charge on any atom is 0.269 e. The third-order valence-corrected chi connectivity index (χ3v) is 5.90. The largest absolute Gasteiger partial charge is 0.269 e. The first-order valence-electron chi connectivity index (χ1n) is 8.43. The molecule has 2 heterocycles. The molecule has 6 nitrogen and oxygen atoms in total. The summed E-state index contributed by atoms with van der Waals surface area (Å²) in [5.41, 5.74) is 1.36. The summed E-state index contributed by atoms with van der Waals surface area (Å²) < 4.78 is 29.9. The van der Waals surface area contributed by atoms with Crippen molar-refractivity contribution in [2.45, 2.75) is 38.3 Å². The van der Waals surface area contributed by atoms with Gasteiger partial charge in [0.2, 0.25) is 0 Å². The van der Waals surface area contributed by atoms with Gasteiger partial charge in [0.25, 0.3) is 10.0 Å². The van der Waals surface area contributed by atoms with E-state index in [-0.39, 0.29) is 17.5 Å². The molecule has 0 unspecified atom stereocenters. The van der Waals surface area contributed by atoms with Gasteiger partial charge >= 0.3 is 0 Å².